The van der Waals surface area contributed by atoms with E-state index >= 15 is 0 Å². The molecule has 2 rings (SSSR count). The molecule has 0 aliphatic carbocycles. The van der Waals surface area contributed by atoms with E-state index in [2.05, 4.69) is 5.32 Å². The van der Waals surface area contributed by atoms with Gasteiger partial charge < -0.3 is 14.8 Å². The second-order valence-electron chi connectivity index (χ2n) is 5.88. The molecule has 2 aromatic carbocycles. The van der Waals surface area contributed by atoms with Gasteiger partial charge in [0.1, 0.15) is 5.75 Å². The first-order chi connectivity index (χ1) is 12.6. The number of hydrogen-bond donors (Lipinski definition) is 1. The summed E-state index contributed by atoms with van der Waals surface area (Å²) in [6.45, 7) is 4.35. The van der Waals surface area contributed by atoms with Crippen molar-refractivity contribution >= 4 is 17.6 Å². The maximum Gasteiger partial charge on any atom is 0.338 e. The molecule has 26 heavy (non-hydrogen) atoms. The van der Waals surface area contributed by atoms with Crippen molar-refractivity contribution in [3.8, 4) is 5.75 Å². The monoisotopic (exact) mass is 355 g/mol. The van der Waals surface area contributed by atoms with Crippen molar-refractivity contribution in [2.75, 3.05) is 11.9 Å². The van der Waals surface area contributed by atoms with E-state index < -0.39 is 6.10 Å². The molecule has 0 fully saturated rings. The van der Waals surface area contributed by atoms with Crippen molar-refractivity contribution in [2.45, 2.75) is 39.2 Å². The fourth-order valence-electron chi connectivity index (χ4n) is 2.29. The maximum absolute atomic E-state index is 12.4. The Hall–Kier alpha value is -2.82. The number of carbonyl (C=O) groups excluding carboxylic acids is 2. The molecular weight excluding hydrogens is 330 g/mol. The molecule has 0 spiro atoms. The molecule has 1 amide bonds. The Morgan fingerprint density at radius 3 is 2.31 bits per heavy atom. The minimum Gasteiger partial charge on any atom is -0.481 e. The van der Waals surface area contributed by atoms with Gasteiger partial charge in [0.05, 0.1) is 12.2 Å². The van der Waals surface area contributed by atoms with E-state index in [1.807, 2.05) is 44.2 Å². The molecule has 0 heterocycles. The Morgan fingerprint density at radius 2 is 1.69 bits per heavy atom. The third-order valence-corrected chi connectivity index (χ3v) is 3.80. The number of esters is 1. The fraction of sp³-hybridized carbons (Fsp3) is 0.333. The number of anilines is 1. The van der Waals surface area contributed by atoms with E-state index in [0.29, 0.717) is 30.0 Å². The van der Waals surface area contributed by atoms with Crippen LogP contribution in [0.3, 0.4) is 0 Å². The predicted octanol–water partition coefficient (Wildman–Crippen LogP) is 4.44. The zero-order valence-corrected chi connectivity index (χ0v) is 15.2. The second kappa shape index (κ2) is 10.2. The minimum absolute atomic E-state index is 0.227. The third kappa shape index (κ3) is 5.92. The van der Waals surface area contributed by atoms with Crippen LogP contribution >= 0.6 is 0 Å². The highest BCUT2D eigenvalue weighted by molar-refractivity contribution is 5.95. The molecule has 0 aromatic heterocycles. The van der Waals surface area contributed by atoms with Crippen molar-refractivity contribution < 1.29 is 19.1 Å². The molecule has 0 saturated carbocycles. The topological polar surface area (TPSA) is 64.6 Å². The molecule has 0 radical (unpaired) electrons. The van der Waals surface area contributed by atoms with Crippen LogP contribution in [0.25, 0.3) is 0 Å². The van der Waals surface area contributed by atoms with Gasteiger partial charge >= 0.3 is 5.97 Å². The lowest BCUT2D eigenvalue weighted by molar-refractivity contribution is -0.122. The average Bonchev–Trinajstić information content (AvgIpc) is 2.67. The zero-order chi connectivity index (χ0) is 18.8. The van der Waals surface area contributed by atoms with Gasteiger partial charge in [-0.2, -0.15) is 0 Å². The molecule has 0 aliphatic rings. The van der Waals surface area contributed by atoms with E-state index in [1.165, 1.54) is 0 Å². The predicted molar refractivity (Wildman–Crippen MR) is 101 cm³/mol. The second-order valence-corrected chi connectivity index (χ2v) is 5.88. The molecule has 0 bridgehead atoms. The van der Waals surface area contributed by atoms with Gasteiger partial charge in [0.15, 0.2) is 6.10 Å². The SMILES string of the molecule is CCCCOC(=O)c1ccc(NC(=O)[C@H](CC)Oc2ccccc2)cc1. The highest BCUT2D eigenvalue weighted by atomic mass is 16.5. The summed E-state index contributed by atoms with van der Waals surface area (Å²) in [5, 5.41) is 2.82. The summed E-state index contributed by atoms with van der Waals surface area (Å²) < 4.78 is 10.9. The number of amides is 1. The van der Waals surface area contributed by atoms with Crippen molar-refractivity contribution in [1.29, 1.82) is 0 Å². The van der Waals surface area contributed by atoms with Crippen LogP contribution in [0.1, 0.15) is 43.5 Å². The molecular formula is C21H25NO4. The van der Waals surface area contributed by atoms with Crippen molar-refractivity contribution in [3.63, 3.8) is 0 Å². The Balaban J connectivity index is 1.92. The van der Waals surface area contributed by atoms with Crippen LogP contribution in [-0.4, -0.2) is 24.6 Å². The van der Waals surface area contributed by atoms with Gasteiger partial charge in [-0.05, 0) is 49.2 Å². The van der Waals surface area contributed by atoms with Crippen LogP contribution in [0.5, 0.6) is 5.75 Å². The first kappa shape index (κ1) is 19.5. The zero-order valence-electron chi connectivity index (χ0n) is 15.2. The van der Waals surface area contributed by atoms with Gasteiger partial charge in [0.25, 0.3) is 5.91 Å². The first-order valence-electron chi connectivity index (χ1n) is 8.93. The van der Waals surface area contributed by atoms with Gasteiger partial charge in [-0.15, -0.1) is 0 Å². The Labute approximate surface area is 154 Å². The van der Waals surface area contributed by atoms with Gasteiger partial charge in [-0.25, -0.2) is 4.79 Å². The lowest BCUT2D eigenvalue weighted by Crippen LogP contribution is -2.32. The molecule has 138 valence electrons. The lowest BCUT2D eigenvalue weighted by Gasteiger charge is -2.17. The van der Waals surface area contributed by atoms with Crippen LogP contribution in [0.2, 0.25) is 0 Å². The summed E-state index contributed by atoms with van der Waals surface area (Å²) in [5.41, 5.74) is 1.07. The molecule has 5 nitrogen and oxygen atoms in total. The molecule has 1 atom stereocenters. The largest absolute Gasteiger partial charge is 0.481 e. The number of carbonyl (C=O) groups is 2. The number of unbranched alkanes of at least 4 members (excludes halogenated alkanes) is 1. The van der Waals surface area contributed by atoms with Crippen LogP contribution in [0.4, 0.5) is 5.69 Å². The van der Waals surface area contributed by atoms with Gasteiger partial charge in [0, 0.05) is 5.69 Å². The highest BCUT2D eigenvalue weighted by Crippen LogP contribution is 2.15. The number of ether oxygens (including phenoxy) is 2. The summed E-state index contributed by atoms with van der Waals surface area (Å²) in [6.07, 6.45) is 1.78. The lowest BCUT2D eigenvalue weighted by atomic mass is 10.2. The quantitative estimate of drug-likeness (QED) is 0.533. The van der Waals surface area contributed by atoms with Crippen molar-refractivity contribution in [1.82, 2.24) is 0 Å². The molecule has 0 unspecified atom stereocenters. The Bertz CT molecular complexity index is 698. The van der Waals surface area contributed by atoms with Crippen LogP contribution < -0.4 is 10.1 Å². The van der Waals surface area contributed by atoms with Crippen LogP contribution in [-0.2, 0) is 9.53 Å². The standard InChI is InChI=1S/C21H25NO4/c1-3-5-15-25-21(24)16-11-13-17(14-12-16)22-20(23)19(4-2)26-18-9-7-6-8-10-18/h6-14,19H,3-5,15H2,1-2H3,(H,22,23)/t19-/m0/s1. The molecule has 0 saturated heterocycles. The number of hydrogen-bond acceptors (Lipinski definition) is 4. The van der Waals surface area contributed by atoms with E-state index in [-0.39, 0.29) is 11.9 Å². The molecule has 0 aliphatic heterocycles. The van der Waals surface area contributed by atoms with Crippen LogP contribution in [0.15, 0.2) is 54.6 Å². The summed E-state index contributed by atoms with van der Waals surface area (Å²) in [7, 11) is 0. The van der Waals surface area contributed by atoms with Crippen LogP contribution in [0, 0.1) is 0 Å². The molecule has 1 N–H and O–H groups in total. The first-order valence-corrected chi connectivity index (χ1v) is 8.93. The molecule has 2 aromatic rings. The average molecular weight is 355 g/mol. The maximum atomic E-state index is 12.4. The smallest absolute Gasteiger partial charge is 0.338 e. The van der Waals surface area contributed by atoms with E-state index in [0.717, 1.165) is 12.8 Å². The van der Waals surface area contributed by atoms with E-state index in [1.54, 1.807) is 24.3 Å². The summed E-state index contributed by atoms with van der Waals surface area (Å²) in [6, 6.07) is 15.9. The fourth-order valence-corrected chi connectivity index (χ4v) is 2.29. The highest BCUT2D eigenvalue weighted by Gasteiger charge is 2.18. The summed E-state index contributed by atoms with van der Waals surface area (Å²) in [4.78, 5) is 24.3. The van der Waals surface area contributed by atoms with E-state index in [4.69, 9.17) is 9.47 Å². The normalized spacial score (nSPS) is 11.5. The Kier molecular flexibility index (Phi) is 7.68. The van der Waals surface area contributed by atoms with Gasteiger partial charge in [0.2, 0.25) is 0 Å². The van der Waals surface area contributed by atoms with Gasteiger partial charge in [-0.3, -0.25) is 4.79 Å². The third-order valence-electron chi connectivity index (χ3n) is 3.80. The number of nitrogens with one attached hydrogen (secondary N) is 1. The minimum atomic E-state index is -0.587. The number of para-hydroxylation sites is 1. The number of rotatable bonds is 9. The molecule has 5 heteroatoms. The van der Waals surface area contributed by atoms with Crippen molar-refractivity contribution in [3.05, 3.63) is 60.2 Å². The summed E-state index contributed by atoms with van der Waals surface area (Å²) >= 11 is 0. The Morgan fingerprint density at radius 1 is 1.00 bits per heavy atom. The van der Waals surface area contributed by atoms with E-state index in [9.17, 15) is 9.59 Å². The van der Waals surface area contributed by atoms with Crippen molar-refractivity contribution in [2.24, 2.45) is 0 Å². The number of benzene rings is 2. The van der Waals surface area contributed by atoms with Gasteiger partial charge in [-0.1, -0.05) is 38.5 Å². The summed E-state index contributed by atoms with van der Waals surface area (Å²) in [5.74, 6) is 0.0736.